The van der Waals surface area contributed by atoms with Gasteiger partial charge in [-0.2, -0.15) is 0 Å². The maximum Gasteiger partial charge on any atom is 0.618 e. The van der Waals surface area contributed by atoms with Crippen molar-refractivity contribution in [1.29, 1.82) is 0 Å². The minimum absolute atomic E-state index is 0.0417. The molecule has 0 rings (SSSR count). The predicted octanol–water partition coefficient (Wildman–Crippen LogP) is 0.00240. The molecule has 0 heterocycles. The normalized spacial score (nSPS) is 8.62. The Morgan fingerprint density at radius 3 is 1.38 bits per heavy atom. The Kier molecular flexibility index (Phi) is 24.1. The summed E-state index contributed by atoms with van der Waals surface area (Å²) in [6.07, 6.45) is 0. The highest BCUT2D eigenvalue weighted by Gasteiger charge is 1.86. The second-order valence-corrected chi connectivity index (χ2v) is 4.40. The van der Waals surface area contributed by atoms with E-state index in [2.05, 4.69) is 0 Å². The average molecular weight is 245 g/mol. The van der Waals surface area contributed by atoms with Gasteiger partial charge in [-0.15, -0.1) is 0 Å². The largest absolute Gasteiger partial charge is 0.618 e. The van der Waals surface area contributed by atoms with Crippen molar-refractivity contribution in [1.82, 2.24) is 0 Å². The summed E-state index contributed by atoms with van der Waals surface area (Å²) in [5.74, 6) is 0. The van der Waals surface area contributed by atoms with Crippen molar-refractivity contribution >= 4 is 36.3 Å². The van der Waals surface area contributed by atoms with Crippen LogP contribution in [0.2, 0.25) is 0 Å². The second kappa shape index (κ2) is 18.9. The SMILES string of the molecule is OCCOCCOCCO.[Cl][Mg][Cl]. The summed E-state index contributed by atoms with van der Waals surface area (Å²) in [4.78, 5) is 0. The Hall–Kier alpha value is 1.19. The predicted molar refractivity (Wildman–Crippen MR) is 53.3 cm³/mol. The van der Waals surface area contributed by atoms with Crippen LogP contribution < -0.4 is 0 Å². The lowest BCUT2D eigenvalue weighted by molar-refractivity contribution is 0.0222. The van der Waals surface area contributed by atoms with Crippen LogP contribution in [0.5, 0.6) is 0 Å². The Balaban J connectivity index is 0. The summed E-state index contributed by atoms with van der Waals surface area (Å²) in [5.41, 5.74) is 0. The van der Waals surface area contributed by atoms with E-state index in [0.717, 1.165) is 0 Å². The van der Waals surface area contributed by atoms with E-state index in [0.29, 0.717) is 26.4 Å². The first-order valence-corrected chi connectivity index (χ1v) is 8.10. The maximum absolute atomic E-state index is 8.26. The Bertz CT molecular complexity index is 71.7. The molecule has 0 saturated carbocycles. The number of aliphatic hydroxyl groups excluding tert-OH is 2. The molecule has 0 aliphatic carbocycles. The summed E-state index contributed by atoms with van der Waals surface area (Å²) in [6, 6.07) is 0. The fourth-order valence-electron chi connectivity index (χ4n) is 0.451. The third-order valence-corrected chi connectivity index (χ3v) is 0.843. The Morgan fingerprint density at radius 2 is 1.15 bits per heavy atom. The summed E-state index contributed by atoms with van der Waals surface area (Å²) in [6.45, 7) is 1.73. The number of rotatable bonds is 7. The fraction of sp³-hybridized carbons (Fsp3) is 1.00. The molecule has 0 amide bonds. The van der Waals surface area contributed by atoms with Gasteiger partial charge in [0.1, 0.15) is 0 Å². The maximum atomic E-state index is 8.26. The second-order valence-electron chi connectivity index (χ2n) is 1.77. The van der Waals surface area contributed by atoms with Crippen molar-refractivity contribution in [3.8, 4) is 0 Å². The lowest BCUT2D eigenvalue weighted by Crippen LogP contribution is -2.09. The quantitative estimate of drug-likeness (QED) is 0.490. The summed E-state index contributed by atoms with van der Waals surface area (Å²) in [5, 5.41) is 16.5. The van der Waals surface area contributed by atoms with Gasteiger partial charge >= 0.3 is 18.2 Å². The minimum atomic E-state index is -0.639. The van der Waals surface area contributed by atoms with Crippen LogP contribution in [0.3, 0.4) is 0 Å². The van der Waals surface area contributed by atoms with Gasteiger partial charge < -0.3 is 37.8 Å². The van der Waals surface area contributed by atoms with Crippen LogP contribution in [0, 0.1) is 0 Å². The van der Waals surface area contributed by atoms with Crippen LogP contribution in [0.25, 0.3) is 0 Å². The highest BCUT2D eigenvalue weighted by molar-refractivity contribution is 7.22. The zero-order chi connectivity index (χ0) is 10.4. The lowest BCUT2D eigenvalue weighted by atomic mass is 10.7. The smallest absolute Gasteiger partial charge is 0.394 e. The van der Waals surface area contributed by atoms with Crippen molar-refractivity contribution in [2.75, 3.05) is 39.6 Å². The van der Waals surface area contributed by atoms with Crippen LogP contribution in [-0.4, -0.2) is 68.0 Å². The molecule has 0 saturated heterocycles. The molecule has 0 aromatic rings. The molecular weight excluding hydrogens is 231 g/mol. The van der Waals surface area contributed by atoms with Crippen LogP contribution in [0.1, 0.15) is 0 Å². The van der Waals surface area contributed by atoms with Gasteiger partial charge in [0.05, 0.1) is 39.6 Å². The molecule has 0 aromatic heterocycles. The monoisotopic (exact) mass is 244 g/mol. The van der Waals surface area contributed by atoms with E-state index in [1.807, 2.05) is 0 Å². The molecule has 0 fully saturated rings. The molecule has 0 aliphatic rings. The van der Waals surface area contributed by atoms with E-state index >= 15 is 0 Å². The number of hydrogen-bond acceptors (Lipinski definition) is 4. The van der Waals surface area contributed by atoms with Gasteiger partial charge in [-0.25, -0.2) is 0 Å². The molecule has 13 heavy (non-hydrogen) atoms. The number of hydrogen-bond donors (Lipinski definition) is 2. The molecule has 7 heteroatoms. The molecule has 0 atom stereocenters. The van der Waals surface area contributed by atoms with E-state index in [9.17, 15) is 0 Å². The summed E-state index contributed by atoms with van der Waals surface area (Å²) >= 11 is -0.639. The van der Waals surface area contributed by atoms with Gasteiger partial charge in [0.2, 0.25) is 0 Å². The third-order valence-electron chi connectivity index (χ3n) is 0.843. The number of ether oxygens (including phenoxy) is 2. The Labute approximate surface area is 95.4 Å². The van der Waals surface area contributed by atoms with Crippen LogP contribution in [-0.2, 0) is 9.47 Å². The molecular formula is C6H14Cl2MgO4. The molecule has 4 nitrogen and oxygen atoms in total. The zero-order valence-corrected chi connectivity index (χ0v) is 10.3. The first kappa shape index (κ1) is 16.6. The first-order valence-electron chi connectivity index (χ1n) is 3.82. The molecule has 0 bridgehead atoms. The van der Waals surface area contributed by atoms with Crippen molar-refractivity contribution in [3.63, 3.8) is 0 Å². The molecule has 0 unspecified atom stereocenters. The summed E-state index contributed by atoms with van der Waals surface area (Å²) < 4.78 is 9.75. The van der Waals surface area contributed by atoms with Gasteiger partial charge in [-0.3, -0.25) is 0 Å². The number of halogens is 2. The van der Waals surface area contributed by atoms with Crippen molar-refractivity contribution in [2.24, 2.45) is 0 Å². The highest BCUT2D eigenvalue weighted by atomic mass is 35.6. The molecule has 0 spiro atoms. The van der Waals surface area contributed by atoms with E-state index in [1.165, 1.54) is 0 Å². The standard InChI is InChI=1S/C6H14O4.2ClH.Mg/c7-1-3-9-5-6-10-4-2-8;;;/h7-8H,1-6H2;2*1H;/q;;;+2/p-2. The van der Waals surface area contributed by atoms with Crippen molar-refractivity contribution < 1.29 is 19.7 Å². The molecule has 0 aliphatic heterocycles. The van der Waals surface area contributed by atoms with Crippen molar-refractivity contribution in [2.45, 2.75) is 0 Å². The lowest BCUT2D eigenvalue weighted by Gasteiger charge is -2.01. The van der Waals surface area contributed by atoms with Gasteiger partial charge in [-0.1, -0.05) is 0 Å². The fourth-order valence-corrected chi connectivity index (χ4v) is 0.451. The molecule has 0 radical (unpaired) electrons. The van der Waals surface area contributed by atoms with E-state index < -0.39 is 18.2 Å². The van der Waals surface area contributed by atoms with E-state index in [4.69, 9.17) is 37.8 Å². The summed E-state index contributed by atoms with van der Waals surface area (Å²) in [7, 11) is 9.81. The van der Waals surface area contributed by atoms with Gasteiger partial charge in [0.15, 0.2) is 0 Å². The third kappa shape index (κ3) is 24.6. The van der Waals surface area contributed by atoms with Crippen LogP contribution in [0.15, 0.2) is 0 Å². The van der Waals surface area contributed by atoms with Crippen LogP contribution in [0.4, 0.5) is 0 Å². The van der Waals surface area contributed by atoms with Crippen molar-refractivity contribution in [3.05, 3.63) is 0 Å². The molecule has 2 N–H and O–H groups in total. The number of aliphatic hydroxyl groups is 2. The molecule has 78 valence electrons. The average Bonchev–Trinajstić information content (AvgIpc) is 2.13. The van der Waals surface area contributed by atoms with Crippen LogP contribution >= 0.6 is 18.1 Å². The van der Waals surface area contributed by atoms with E-state index in [1.54, 1.807) is 0 Å². The van der Waals surface area contributed by atoms with Gasteiger partial charge in [-0.05, 0) is 0 Å². The first-order chi connectivity index (χ1) is 6.33. The van der Waals surface area contributed by atoms with Gasteiger partial charge in [0, 0.05) is 0 Å². The highest BCUT2D eigenvalue weighted by Crippen LogP contribution is 1.76. The van der Waals surface area contributed by atoms with E-state index in [-0.39, 0.29) is 13.2 Å². The topological polar surface area (TPSA) is 58.9 Å². The zero-order valence-electron chi connectivity index (χ0n) is 7.42. The minimum Gasteiger partial charge on any atom is -0.394 e. The van der Waals surface area contributed by atoms with Gasteiger partial charge in [0.25, 0.3) is 0 Å². The Morgan fingerprint density at radius 1 is 0.846 bits per heavy atom. The molecule has 0 aromatic carbocycles.